The summed E-state index contributed by atoms with van der Waals surface area (Å²) in [5.74, 6) is 0.152. The minimum Gasteiger partial charge on any atom is -0.390 e. The smallest absolute Gasteiger partial charge is 0.233 e. The van der Waals surface area contributed by atoms with Crippen LogP contribution in [-0.2, 0) is 10.2 Å². The molecule has 1 aromatic carbocycles. The number of hydrogen-bond donors (Lipinski definition) is 1. The Hall–Kier alpha value is -1.43. The van der Waals surface area contributed by atoms with E-state index < -0.39 is 6.10 Å². The summed E-state index contributed by atoms with van der Waals surface area (Å²) in [7, 11) is 3.95. The third-order valence-electron chi connectivity index (χ3n) is 5.72. The molecule has 0 spiro atoms. The van der Waals surface area contributed by atoms with Crippen LogP contribution in [0.4, 0.5) is 0 Å². The Morgan fingerprint density at radius 1 is 1.24 bits per heavy atom. The SMILES string of the molecule is Cc1ccccc1C1(C(=O)N(C)C[C@H](O)CN2CCN(C)CC2)CC1. The zero-order chi connectivity index (χ0) is 18.0. The second kappa shape index (κ2) is 7.44. The second-order valence-corrected chi connectivity index (χ2v) is 7.84. The van der Waals surface area contributed by atoms with Crippen LogP contribution in [0.2, 0.25) is 0 Å². The standard InChI is InChI=1S/C20H31N3O2/c1-16-6-4-5-7-18(16)20(8-9-20)19(25)22(3)14-17(24)15-23-12-10-21(2)11-13-23/h4-7,17,24H,8-15H2,1-3H3/t17-/m0/s1. The molecule has 1 aliphatic carbocycles. The fraction of sp³-hybridized carbons (Fsp3) is 0.650. The summed E-state index contributed by atoms with van der Waals surface area (Å²) in [5, 5.41) is 10.4. The first-order chi connectivity index (χ1) is 11.9. The molecule has 138 valence electrons. The van der Waals surface area contributed by atoms with Gasteiger partial charge in [-0.3, -0.25) is 9.69 Å². The number of piperazine rings is 1. The van der Waals surface area contributed by atoms with Gasteiger partial charge in [0.2, 0.25) is 5.91 Å². The molecular weight excluding hydrogens is 314 g/mol. The topological polar surface area (TPSA) is 47.0 Å². The van der Waals surface area contributed by atoms with E-state index in [0.29, 0.717) is 13.1 Å². The monoisotopic (exact) mass is 345 g/mol. The van der Waals surface area contributed by atoms with Crippen molar-refractivity contribution in [1.29, 1.82) is 0 Å². The Morgan fingerprint density at radius 2 is 1.88 bits per heavy atom. The van der Waals surface area contributed by atoms with E-state index in [-0.39, 0.29) is 11.3 Å². The van der Waals surface area contributed by atoms with E-state index in [0.717, 1.165) is 44.6 Å². The molecule has 1 amide bonds. The number of aliphatic hydroxyl groups is 1. The summed E-state index contributed by atoms with van der Waals surface area (Å²) in [6.45, 7) is 7.17. The van der Waals surface area contributed by atoms with E-state index in [9.17, 15) is 9.90 Å². The maximum absolute atomic E-state index is 13.0. The summed E-state index contributed by atoms with van der Waals surface area (Å²) < 4.78 is 0. The molecule has 1 N–H and O–H groups in total. The Labute approximate surface area is 151 Å². The number of carbonyl (C=O) groups excluding carboxylic acids is 1. The van der Waals surface area contributed by atoms with Crippen LogP contribution in [0, 0.1) is 6.92 Å². The van der Waals surface area contributed by atoms with Gasteiger partial charge in [-0.1, -0.05) is 24.3 Å². The van der Waals surface area contributed by atoms with Gasteiger partial charge in [0, 0.05) is 46.3 Å². The summed E-state index contributed by atoms with van der Waals surface area (Å²) in [4.78, 5) is 19.4. The number of β-amino-alcohol motifs (C(OH)–C–C–N with tert-alkyl or cyclic N) is 1. The van der Waals surface area contributed by atoms with Crippen molar-refractivity contribution in [3.8, 4) is 0 Å². The quantitative estimate of drug-likeness (QED) is 0.839. The van der Waals surface area contributed by atoms with Crippen molar-refractivity contribution in [2.75, 3.05) is 53.4 Å². The Morgan fingerprint density at radius 3 is 2.48 bits per heavy atom. The van der Waals surface area contributed by atoms with Gasteiger partial charge < -0.3 is 14.9 Å². The van der Waals surface area contributed by atoms with Gasteiger partial charge in [-0.05, 0) is 37.9 Å². The van der Waals surface area contributed by atoms with Crippen LogP contribution in [0.1, 0.15) is 24.0 Å². The molecule has 1 atom stereocenters. The first-order valence-corrected chi connectivity index (χ1v) is 9.33. The predicted octanol–water partition coefficient (Wildman–Crippen LogP) is 1.09. The highest BCUT2D eigenvalue weighted by Crippen LogP contribution is 2.50. The lowest BCUT2D eigenvalue weighted by Gasteiger charge is -2.34. The van der Waals surface area contributed by atoms with Crippen LogP contribution >= 0.6 is 0 Å². The van der Waals surface area contributed by atoms with Gasteiger partial charge >= 0.3 is 0 Å². The van der Waals surface area contributed by atoms with Crippen molar-refractivity contribution in [3.63, 3.8) is 0 Å². The number of nitrogens with zero attached hydrogens (tertiary/aromatic N) is 3. The minimum absolute atomic E-state index is 0.152. The van der Waals surface area contributed by atoms with E-state index >= 15 is 0 Å². The molecule has 1 aromatic rings. The average Bonchev–Trinajstić information content (AvgIpc) is 3.38. The van der Waals surface area contributed by atoms with E-state index in [1.54, 1.807) is 4.90 Å². The highest BCUT2D eigenvalue weighted by Gasteiger charge is 2.53. The number of rotatable bonds is 6. The summed E-state index contributed by atoms with van der Waals surface area (Å²) in [6.07, 6.45) is 1.33. The lowest BCUT2D eigenvalue weighted by molar-refractivity contribution is -0.134. The molecule has 25 heavy (non-hydrogen) atoms. The van der Waals surface area contributed by atoms with Gasteiger partial charge in [0.1, 0.15) is 0 Å². The van der Waals surface area contributed by atoms with Crippen LogP contribution in [0.5, 0.6) is 0 Å². The van der Waals surface area contributed by atoms with Gasteiger partial charge in [0.25, 0.3) is 0 Å². The molecule has 1 saturated heterocycles. The Bertz CT molecular complexity index is 607. The molecule has 3 rings (SSSR count). The van der Waals surface area contributed by atoms with Gasteiger partial charge in [-0.2, -0.15) is 0 Å². The molecule has 1 saturated carbocycles. The van der Waals surface area contributed by atoms with Crippen LogP contribution in [0.15, 0.2) is 24.3 Å². The average molecular weight is 345 g/mol. The van der Waals surface area contributed by atoms with Crippen molar-refractivity contribution in [3.05, 3.63) is 35.4 Å². The molecular formula is C20H31N3O2. The van der Waals surface area contributed by atoms with Crippen LogP contribution < -0.4 is 0 Å². The molecule has 2 aliphatic rings. The third-order valence-corrected chi connectivity index (χ3v) is 5.72. The molecule has 0 radical (unpaired) electrons. The molecule has 0 unspecified atom stereocenters. The molecule has 5 heteroatoms. The maximum atomic E-state index is 13.0. The van der Waals surface area contributed by atoms with E-state index in [2.05, 4.69) is 35.9 Å². The summed E-state index contributed by atoms with van der Waals surface area (Å²) in [5.41, 5.74) is 1.98. The number of aliphatic hydroxyl groups excluding tert-OH is 1. The molecule has 0 aromatic heterocycles. The highest BCUT2D eigenvalue weighted by atomic mass is 16.3. The minimum atomic E-state index is -0.495. The van der Waals surface area contributed by atoms with Crippen molar-refractivity contribution >= 4 is 5.91 Å². The molecule has 2 fully saturated rings. The largest absolute Gasteiger partial charge is 0.390 e. The zero-order valence-corrected chi connectivity index (χ0v) is 15.7. The van der Waals surface area contributed by atoms with E-state index in [4.69, 9.17) is 0 Å². The number of hydrogen-bond acceptors (Lipinski definition) is 4. The lowest BCUT2D eigenvalue weighted by Crippen LogP contribution is -2.49. The number of benzene rings is 1. The van der Waals surface area contributed by atoms with Crippen molar-refractivity contribution in [2.45, 2.75) is 31.3 Å². The van der Waals surface area contributed by atoms with Gasteiger partial charge in [0.15, 0.2) is 0 Å². The van der Waals surface area contributed by atoms with Crippen LogP contribution in [-0.4, -0.2) is 85.2 Å². The van der Waals surface area contributed by atoms with E-state index in [1.165, 1.54) is 5.56 Å². The second-order valence-electron chi connectivity index (χ2n) is 7.84. The fourth-order valence-corrected chi connectivity index (χ4v) is 3.98. The maximum Gasteiger partial charge on any atom is 0.233 e. The third kappa shape index (κ3) is 4.05. The normalized spacial score (nSPS) is 21.8. The van der Waals surface area contributed by atoms with E-state index in [1.807, 2.05) is 19.2 Å². The highest BCUT2D eigenvalue weighted by molar-refractivity contribution is 5.91. The number of aryl methyl sites for hydroxylation is 1. The first kappa shape index (κ1) is 18.4. The van der Waals surface area contributed by atoms with Gasteiger partial charge in [0.05, 0.1) is 11.5 Å². The fourth-order valence-electron chi connectivity index (χ4n) is 3.98. The Kier molecular flexibility index (Phi) is 5.46. The summed E-state index contributed by atoms with van der Waals surface area (Å²) in [6, 6.07) is 8.18. The van der Waals surface area contributed by atoms with Crippen molar-refractivity contribution < 1.29 is 9.90 Å². The zero-order valence-electron chi connectivity index (χ0n) is 15.7. The van der Waals surface area contributed by atoms with Crippen LogP contribution in [0.25, 0.3) is 0 Å². The number of carbonyl (C=O) groups is 1. The molecule has 0 bridgehead atoms. The van der Waals surface area contributed by atoms with Crippen LogP contribution in [0.3, 0.4) is 0 Å². The first-order valence-electron chi connectivity index (χ1n) is 9.33. The van der Waals surface area contributed by atoms with Gasteiger partial charge in [-0.15, -0.1) is 0 Å². The summed E-state index contributed by atoms with van der Waals surface area (Å²) >= 11 is 0. The van der Waals surface area contributed by atoms with Gasteiger partial charge in [-0.25, -0.2) is 0 Å². The molecule has 5 nitrogen and oxygen atoms in total. The van der Waals surface area contributed by atoms with Crippen molar-refractivity contribution in [2.24, 2.45) is 0 Å². The molecule has 1 aliphatic heterocycles. The molecule has 1 heterocycles. The Balaban J connectivity index is 1.57. The lowest BCUT2D eigenvalue weighted by atomic mass is 9.90. The predicted molar refractivity (Wildman–Crippen MR) is 99.7 cm³/mol. The number of likely N-dealkylation sites (N-methyl/N-ethyl adjacent to an activating group) is 2. The number of amides is 1. The van der Waals surface area contributed by atoms with Crippen molar-refractivity contribution in [1.82, 2.24) is 14.7 Å².